The van der Waals surface area contributed by atoms with Crippen LogP contribution in [0.4, 0.5) is 5.69 Å². The lowest BCUT2D eigenvalue weighted by atomic mass is 9.99. The fraction of sp³-hybridized carbons (Fsp3) is 0.500. The summed E-state index contributed by atoms with van der Waals surface area (Å²) >= 11 is 5.92. The first-order chi connectivity index (χ1) is 7.75. The molecule has 1 heterocycles. The molecule has 1 fully saturated rings. The Balaban J connectivity index is 0.00000144. The van der Waals surface area contributed by atoms with Crippen LogP contribution in [0, 0.1) is 5.92 Å². The molecular formula is C12H19Cl3N2O. The molecule has 0 spiro atoms. The number of rotatable bonds is 3. The number of halogens is 3. The van der Waals surface area contributed by atoms with Gasteiger partial charge < -0.3 is 15.8 Å². The van der Waals surface area contributed by atoms with E-state index < -0.39 is 0 Å². The zero-order valence-corrected chi connectivity index (χ0v) is 12.4. The van der Waals surface area contributed by atoms with Crippen LogP contribution in [0.15, 0.2) is 18.2 Å². The third kappa shape index (κ3) is 5.11. The number of anilines is 1. The number of nitrogen functional groups attached to an aromatic ring is 1. The van der Waals surface area contributed by atoms with Crippen molar-refractivity contribution in [2.45, 2.75) is 12.8 Å². The SMILES string of the molecule is Cl.Cl.Nc1ccc(OCC2CCNCC2)cc1Cl. The van der Waals surface area contributed by atoms with E-state index in [-0.39, 0.29) is 24.8 Å². The van der Waals surface area contributed by atoms with Gasteiger partial charge >= 0.3 is 0 Å². The number of hydrogen-bond acceptors (Lipinski definition) is 3. The summed E-state index contributed by atoms with van der Waals surface area (Å²) in [6.07, 6.45) is 2.37. The highest BCUT2D eigenvalue weighted by Crippen LogP contribution is 2.25. The van der Waals surface area contributed by atoms with Crippen molar-refractivity contribution in [1.29, 1.82) is 0 Å². The number of piperidine rings is 1. The number of nitrogens with two attached hydrogens (primary N) is 1. The van der Waals surface area contributed by atoms with E-state index in [2.05, 4.69) is 5.32 Å². The van der Waals surface area contributed by atoms with Crippen LogP contribution in [0.2, 0.25) is 5.02 Å². The van der Waals surface area contributed by atoms with E-state index in [0.29, 0.717) is 16.6 Å². The standard InChI is InChI=1S/C12H17ClN2O.2ClH/c13-11-7-10(1-2-12(11)14)16-8-9-3-5-15-6-4-9;;/h1-2,7,9,15H,3-6,8,14H2;2*1H. The summed E-state index contributed by atoms with van der Waals surface area (Å²) in [6.45, 7) is 2.95. The van der Waals surface area contributed by atoms with E-state index in [1.54, 1.807) is 12.1 Å². The number of hydrogen-bond donors (Lipinski definition) is 2. The number of benzene rings is 1. The molecule has 0 atom stereocenters. The van der Waals surface area contributed by atoms with Gasteiger partial charge in [0.25, 0.3) is 0 Å². The first-order valence-electron chi connectivity index (χ1n) is 5.64. The molecule has 0 radical (unpaired) electrons. The van der Waals surface area contributed by atoms with Gasteiger partial charge in [0.15, 0.2) is 0 Å². The molecule has 104 valence electrons. The second-order valence-corrected chi connectivity index (χ2v) is 4.59. The summed E-state index contributed by atoms with van der Waals surface area (Å²) in [6, 6.07) is 5.42. The quantitative estimate of drug-likeness (QED) is 0.843. The molecule has 0 amide bonds. The fourth-order valence-electron chi connectivity index (χ4n) is 1.86. The predicted octanol–water partition coefficient (Wildman–Crippen LogP) is 3.14. The molecule has 3 N–H and O–H groups in total. The second-order valence-electron chi connectivity index (χ2n) is 4.19. The van der Waals surface area contributed by atoms with Crippen LogP contribution >= 0.6 is 36.4 Å². The van der Waals surface area contributed by atoms with E-state index in [0.717, 1.165) is 25.4 Å². The molecule has 0 saturated carbocycles. The summed E-state index contributed by atoms with van der Waals surface area (Å²) in [7, 11) is 0. The van der Waals surface area contributed by atoms with Gasteiger partial charge in [0.1, 0.15) is 5.75 Å². The molecule has 1 saturated heterocycles. The summed E-state index contributed by atoms with van der Waals surface area (Å²) in [4.78, 5) is 0. The Morgan fingerprint density at radius 3 is 2.56 bits per heavy atom. The second kappa shape index (κ2) is 8.70. The molecule has 0 unspecified atom stereocenters. The minimum atomic E-state index is 0. The Labute approximate surface area is 125 Å². The average Bonchev–Trinajstić information content (AvgIpc) is 2.32. The topological polar surface area (TPSA) is 47.3 Å². The van der Waals surface area contributed by atoms with Gasteiger partial charge in [-0.3, -0.25) is 0 Å². The lowest BCUT2D eigenvalue weighted by Gasteiger charge is -2.22. The van der Waals surface area contributed by atoms with E-state index in [1.807, 2.05) is 6.07 Å². The summed E-state index contributed by atoms with van der Waals surface area (Å²) in [5.74, 6) is 1.45. The largest absolute Gasteiger partial charge is 0.493 e. The maximum absolute atomic E-state index is 5.92. The fourth-order valence-corrected chi connectivity index (χ4v) is 2.03. The van der Waals surface area contributed by atoms with E-state index in [9.17, 15) is 0 Å². The Morgan fingerprint density at radius 1 is 1.28 bits per heavy atom. The molecule has 1 aromatic rings. The van der Waals surface area contributed by atoms with Crippen molar-refractivity contribution in [3.05, 3.63) is 23.2 Å². The minimum Gasteiger partial charge on any atom is -0.493 e. The Hall–Kier alpha value is -0.350. The van der Waals surface area contributed by atoms with Crippen LogP contribution in [-0.2, 0) is 0 Å². The van der Waals surface area contributed by atoms with Crippen molar-refractivity contribution in [3.8, 4) is 5.75 Å². The highest BCUT2D eigenvalue weighted by atomic mass is 35.5. The van der Waals surface area contributed by atoms with Gasteiger partial charge in [-0.25, -0.2) is 0 Å². The Bertz CT molecular complexity index is 357. The van der Waals surface area contributed by atoms with Crippen LogP contribution in [0.25, 0.3) is 0 Å². The molecule has 0 aromatic heterocycles. The smallest absolute Gasteiger partial charge is 0.120 e. The lowest BCUT2D eigenvalue weighted by Crippen LogP contribution is -2.30. The third-order valence-electron chi connectivity index (χ3n) is 2.92. The molecule has 0 aliphatic carbocycles. The monoisotopic (exact) mass is 312 g/mol. The molecule has 0 bridgehead atoms. The van der Waals surface area contributed by atoms with Crippen LogP contribution in [0.5, 0.6) is 5.75 Å². The van der Waals surface area contributed by atoms with Crippen LogP contribution in [-0.4, -0.2) is 19.7 Å². The van der Waals surface area contributed by atoms with Gasteiger partial charge in [0, 0.05) is 6.07 Å². The molecule has 1 aromatic carbocycles. The zero-order chi connectivity index (χ0) is 11.4. The van der Waals surface area contributed by atoms with Crippen LogP contribution in [0.3, 0.4) is 0 Å². The van der Waals surface area contributed by atoms with E-state index in [4.69, 9.17) is 22.1 Å². The summed E-state index contributed by atoms with van der Waals surface area (Å²) in [5.41, 5.74) is 6.23. The molecular weight excluding hydrogens is 295 g/mol. The predicted molar refractivity (Wildman–Crippen MR) is 81.4 cm³/mol. The van der Waals surface area contributed by atoms with Gasteiger partial charge in [-0.1, -0.05) is 11.6 Å². The molecule has 2 rings (SSSR count). The lowest BCUT2D eigenvalue weighted by molar-refractivity contribution is 0.215. The number of ether oxygens (including phenoxy) is 1. The van der Waals surface area contributed by atoms with Crippen molar-refractivity contribution in [2.24, 2.45) is 5.92 Å². The highest BCUT2D eigenvalue weighted by molar-refractivity contribution is 6.33. The highest BCUT2D eigenvalue weighted by Gasteiger charge is 2.13. The van der Waals surface area contributed by atoms with Gasteiger partial charge in [-0.05, 0) is 44.0 Å². The van der Waals surface area contributed by atoms with Crippen molar-refractivity contribution in [2.75, 3.05) is 25.4 Å². The Morgan fingerprint density at radius 2 is 1.94 bits per heavy atom. The third-order valence-corrected chi connectivity index (χ3v) is 3.24. The Kier molecular flexibility index (Phi) is 8.53. The zero-order valence-electron chi connectivity index (χ0n) is 10.0. The molecule has 3 nitrogen and oxygen atoms in total. The first kappa shape index (κ1) is 17.6. The molecule has 6 heteroatoms. The summed E-state index contributed by atoms with van der Waals surface area (Å²) in [5, 5.41) is 3.89. The van der Waals surface area contributed by atoms with Crippen LogP contribution < -0.4 is 15.8 Å². The minimum absolute atomic E-state index is 0. The van der Waals surface area contributed by atoms with Gasteiger partial charge in [0.05, 0.1) is 17.3 Å². The molecule has 1 aliphatic rings. The van der Waals surface area contributed by atoms with Gasteiger partial charge in [0.2, 0.25) is 0 Å². The van der Waals surface area contributed by atoms with Crippen molar-refractivity contribution < 1.29 is 4.74 Å². The van der Waals surface area contributed by atoms with Crippen molar-refractivity contribution >= 4 is 42.1 Å². The average molecular weight is 314 g/mol. The van der Waals surface area contributed by atoms with Gasteiger partial charge in [-0.15, -0.1) is 24.8 Å². The van der Waals surface area contributed by atoms with Gasteiger partial charge in [-0.2, -0.15) is 0 Å². The summed E-state index contributed by atoms with van der Waals surface area (Å²) < 4.78 is 5.71. The van der Waals surface area contributed by atoms with Crippen LogP contribution in [0.1, 0.15) is 12.8 Å². The maximum atomic E-state index is 5.92. The number of nitrogens with one attached hydrogen (secondary N) is 1. The molecule has 1 aliphatic heterocycles. The van der Waals surface area contributed by atoms with E-state index >= 15 is 0 Å². The van der Waals surface area contributed by atoms with Crippen molar-refractivity contribution in [3.63, 3.8) is 0 Å². The normalized spacial score (nSPS) is 15.4. The molecule has 18 heavy (non-hydrogen) atoms. The maximum Gasteiger partial charge on any atom is 0.120 e. The van der Waals surface area contributed by atoms with Crippen molar-refractivity contribution in [1.82, 2.24) is 5.32 Å². The van der Waals surface area contributed by atoms with E-state index in [1.165, 1.54) is 12.8 Å². The first-order valence-corrected chi connectivity index (χ1v) is 6.02.